The Bertz CT molecular complexity index is 525. The van der Waals surface area contributed by atoms with E-state index in [1.807, 2.05) is 27.7 Å². The van der Waals surface area contributed by atoms with E-state index in [1.54, 1.807) is 0 Å². The van der Waals surface area contributed by atoms with Gasteiger partial charge in [0.2, 0.25) is 0 Å². The number of aliphatic carboxylic acids is 4. The maximum Gasteiger partial charge on any atom is 0.306 e. The molecule has 2 fully saturated rings. The van der Waals surface area contributed by atoms with Crippen molar-refractivity contribution in [3.8, 4) is 0 Å². The van der Waals surface area contributed by atoms with Gasteiger partial charge in [0, 0.05) is 0 Å². The maximum atomic E-state index is 10.8. The molecule has 160 valence electrons. The second kappa shape index (κ2) is 9.89. The van der Waals surface area contributed by atoms with Gasteiger partial charge in [0.25, 0.3) is 0 Å². The molecular formula is C20H32O8. The van der Waals surface area contributed by atoms with Gasteiger partial charge in [-0.3, -0.25) is 19.2 Å². The molecule has 0 spiro atoms. The minimum atomic E-state index is -0.798. The van der Waals surface area contributed by atoms with Crippen molar-refractivity contribution in [2.24, 2.45) is 47.3 Å². The summed E-state index contributed by atoms with van der Waals surface area (Å²) in [5.74, 6) is -4.87. The summed E-state index contributed by atoms with van der Waals surface area (Å²) in [5, 5.41) is 35.6. The molecule has 0 bridgehead atoms. The molecule has 8 nitrogen and oxygen atoms in total. The topological polar surface area (TPSA) is 149 Å². The molecule has 2 aliphatic carbocycles. The Morgan fingerprint density at radius 3 is 1.00 bits per heavy atom. The number of carboxylic acid groups (broad SMARTS) is 4. The molecule has 0 aromatic carbocycles. The maximum absolute atomic E-state index is 10.8. The van der Waals surface area contributed by atoms with Crippen LogP contribution in [0.2, 0.25) is 0 Å². The van der Waals surface area contributed by atoms with Crippen molar-refractivity contribution in [3.63, 3.8) is 0 Å². The molecular weight excluding hydrogens is 368 g/mol. The molecule has 8 unspecified atom stereocenters. The molecule has 2 aliphatic rings. The molecule has 0 aromatic rings. The van der Waals surface area contributed by atoms with Crippen molar-refractivity contribution >= 4 is 23.9 Å². The van der Waals surface area contributed by atoms with Crippen LogP contribution in [0.15, 0.2) is 0 Å². The van der Waals surface area contributed by atoms with Gasteiger partial charge in [-0.05, 0) is 49.4 Å². The van der Waals surface area contributed by atoms with Crippen molar-refractivity contribution in [2.45, 2.75) is 53.4 Å². The molecule has 4 N–H and O–H groups in total. The zero-order valence-electron chi connectivity index (χ0n) is 16.9. The number of hydrogen-bond donors (Lipinski definition) is 4. The van der Waals surface area contributed by atoms with Crippen molar-refractivity contribution < 1.29 is 39.6 Å². The molecule has 8 heteroatoms. The Morgan fingerprint density at radius 2 is 0.786 bits per heavy atom. The first-order valence-electron chi connectivity index (χ1n) is 9.79. The summed E-state index contributed by atoms with van der Waals surface area (Å²) in [6.07, 6.45) is 1.93. The summed E-state index contributed by atoms with van der Waals surface area (Å²) >= 11 is 0. The minimum Gasteiger partial charge on any atom is -0.481 e. The van der Waals surface area contributed by atoms with Crippen LogP contribution >= 0.6 is 0 Å². The summed E-state index contributed by atoms with van der Waals surface area (Å²) in [6, 6.07) is 0. The van der Waals surface area contributed by atoms with Gasteiger partial charge in [0.15, 0.2) is 0 Å². The monoisotopic (exact) mass is 400 g/mol. The van der Waals surface area contributed by atoms with Crippen LogP contribution in [-0.2, 0) is 19.2 Å². The van der Waals surface area contributed by atoms with Crippen LogP contribution in [0, 0.1) is 47.3 Å². The molecule has 0 heterocycles. The summed E-state index contributed by atoms with van der Waals surface area (Å²) in [5.41, 5.74) is 0. The molecule has 2 saturated carbocycles. The van der Waals surface area contributed by atoms with Gasteiger partial charge in [0.1, 0.15) is 0 Å². The highest BCUT2D eigenvalue weighted by Crippen LogP contribution is 2.39. The van der Waals surface area contributed by atoms with Crippen LogP contribution in [0.1, 0.15) is 53.4 Å². The predicted molar refractivity (Wildman–Crippen MR) is 99.6 cm³/mol. The first-order valence-corrected chi connectivity index (χ1v) is 9.79. The van der Waals surface area contributed by atoms with Crippen LogP contribution in [0.5, 0.6) is 0 Å². The quantitative estimate of drug-likeness (QED) is 0.563. The van der Waals surface area contributed by atoms with Crippen molar-refractivity contribution in [1.82, 2.24) is 0 Å². The van der Waals surface area contributed by atoms with Gasteiger partial charge in [0.05, 0.1) is 23.7 Å². The Labute approximate surface area is 164 Å². The third kappa shape index (κ3) is 5.69. The predicted octanol–water partition coefficient (Wildman–Crippen LogP) is 2.91. The lowest BCUT2D eigenvalue weighted by Crippen LogP contribution is -2.38. The normalized spacial score (nSPS) is 37.9. The van der Waals surface area contributed by atoms with E-state index in [0.29, 0.717) is 25.7 Å². The minimum absolute atomic E-state index is 0.0372. The largest absolute Gasteiger partial charge is 0.481 e. The lowest BCUT2D eigenvalue weighted by atomic mass is 9.68. The van der Waals surface area contributed by atoms with Crippen molar-refractivity contribution in [2.75, 3.05) is 0 Å². The van der Waals surface area contributed by atoms with E-state index in [4.69, 9.17) is 20.4 Å². The smallest absolute Gasteiger partial charge is 0.306 e. The van der Waals surface area contributed by atoms with Gasteiger partial charge < -0.3 is 20.4 Å². The molecule has 0 aromatic heterocycles. The fourth-order valence-electron chi connectivity index (χ4n) is 4.60. The van der Waals surface area contributed by atoms with E-state index in [9.17, 15) is 19.2 Å². The van der Waals surface area contributed by atoms with Gasteiger partial charge in [-0.25, -0.2) is 0 Å². The third-order valence-corrected chi connectivity index (χ3v) is 6.78. The zero-order chi connectivity index (χ0) is 21.8. The van der Waals surface area contributed by atoms with E-state index < -0.39 is 23.9 Å². The number of rotatable bonds is 4. The summed E-state index contributed by atoms with van der Waals surface area (Å²) in [4.78, 5) is 43.4. The van der Waals surface area contributed by atoms with E-state index in [-0.39, 0.29) is 47.3 Å². The van der Waals surface area contributed by atoms with E-state index in [2.05, 4.69) is 0 Å². The fraction of sp³-hybridized carbons (Fsp3) is 0.800. The SMILES string of the molecule is CC1C(C(=O)O)CCC(C(=O)O)C1C.CC1CC(C(=O)O)C(C)CC1C(=O)O. The summed E-state index contributed by atoms with van der Waals surface area (Å²) in [6.45, 7) is 7.30. The van der Waals surface area contributed by atoms with Crippen LogP contribution in [0.25, 0.3) is 0 Å². The second-order valence-corrected chi connectivity index (χ2v) is 8.50. The highest BCUT2D eigenvalue weighted by atomic mass is 16.4. The van der Waals surface area contributed by atoms with Gasteiger partial charge >= 0.3 is 23.9 Å². The average Bonchev–Trinajstić information content (AvgIpc) is 2.58. The number of carbonyl (C=O) groups is 4. The molecule has 0 radical (unpaired) electrons. The first kappa shape index (κ1) is 23.9. The average molecular weight is 400 g/mol. The Balaban J connectivity index is 0.000000280. The highest BCUT2D eigenvalue weighted by molar-refractivity contribution is 5.74. The second-order valence-electron chi connectivity index (χ2n) is 8.50. The highest BCUT2D eigenvalue weighted by Gasteiger charge is 2.41. The van der Waals surface area contributed by atoms with Crippen molar-refractivity contribution in [1.29, 1.82) is 0 Å². The van der Waals surface area contributed by atoms with Gasteiger partial charge in [-0.1, -0.05) is 27.7 Å². The number of carboxylic acids is 4. The molecule has 0 saturated heterocycles. The van der Waals surface area contributed by atoms with Crippen LogP contribution in [-0.4, -0.2) is 44.3 Å². The number of hydrogen-bond acceptors (Lipinski definition) is 4. The third-order valence-electron chi connectivity index (χ3n) is 6.78. The molecule has 8 atom stereocenters. The Kier molecular flexibility index (Phi) is 8.45. The zero-order valence-corrected chi connectivity index (χ0v) is 16.9. The fourth-order valence-corrected chi connectivity index (χ4v) is 4.60. The van der Waals surface area contributed by atoms with E-state index >= 15 is 0 Å². The van der Waals surface area contributed by atoms with Crippen molar-refractivity contribution in [3.05, 3.63) is 0 Å². The Morgan fingerprint density at radius 1 is 0.536 bits per heavy atom. The van der Waals surface area contributed by atoms with Crippen LogP contribution < -0.4 is 0 Å². The standard InChI is InChI=1S/2C10H16O4/c1-5-3-8(10(13)14)6(2)4-7(5)9(11)12;1-5-6(2)8(10(13)14)4-3-7(5)9(11)12/h2*5-8H,3-4H2,1-2H3,(H,11,12)(H,13,14). The van der Waals surface area contributed by atoms with Crippen LogP contribution in [0.3, 0.4) is 0 Å². The summed E-state index contributed by atoms with van der Waals surface area (Å²) < 4.78 is 0. The van der Waals surface area contributed by atoms with Crippen LogP contribution in [0.4, 0.5) is 0 Å². The Hall–Kier alpha value is -2.12. The summed E-state index contributed by atoms with van der Waals surface area (Å²) in [7, 11) is 0. The lowest BCUT2D eigenvalue weighted by Gasteiger charge is -2.35. The van der Waals surface area contributed by atoms with E-state index in [1.165, 1.54) is 0 Å². The molecule has 2 rings (SSSR count). The lowest BCUT2D eigenvalue weighted by molar-refractivity contribution is -0.153. The molecule has 0 amide bonds. The van der Waals surface area contributed by atoms with Gasteiger partial charge in [-0.15, -0.1) is 0 Å². The van der Waals surface area contributed by atoms with E-state index in [0.717, 1.165) is 0 Å². The molecule has 28 heavy (non-hydrogen) atoms. The first-order chi connectivity index (χ1) is 12.9. The van der Waals surface area contributed by atoms with Gasteiger partial charge in [-0.2, -0.15) is 0 Å². The molecule has 0 aliphatic heterocycles.